The van der Waals surface area contributed by atoms with Crippen molar-refractivity contribution in [3.8, 4) is 0 Å². The van der Waals surface area contributed by atoms with Crippen molar-refractivity contribution in [1.29, 1.82) is 0 Å². The summed E-state index contributed by atoms with van der Waals surface area (Å²) in [4.78, 5) is 35.2. The summed E-state index contributed by atoms with van der Waals surface area (Å²) in [5, 5.41) is 10.6. The number of rotatable bonds is 5. The predicted molar refractivity (Wildman–Crippen MR) is 66.6 cm³/mol. The van der Waals surface area contributed by atoms with E-state index in [2.05, 4.69) is 10.1 Å². The summed E-state index contributed by atoms with van der Waals surface area (Å²) in [7, 11) is 0. The minimum atomic E-state index is -1.15. The summed E-state index contributed by atoms with van der Waals surface area (Å²) in [5.41, 5.74) is 0. The Morgan fingerprint density at radius 1 is 1.32 bits per heavy atom. The second kappa shape index (κ2) is 7.73. The molecule has 108 valence electrons. The third-order valence-electron chi connectivity index (χ3n) is 3.06. The first-order chi connectivity index (χ1) is 9.04. The number of urea groups is 1. The van der Waals surface area contributed by atoms with E-state index in [1.54, 1.807) is 4.90 Å². The lowest BCUT2D eigenvalue weighted by Gasteiger charge is -2.34. The standard InChI is InChI=1S/C12H20N2O5/c1-2-9-5-3-4-6-14(9)12(18)13-10(15)7-19-8-11(16)17/h9H,2-8H2,1H3,(H,16,17)(H,13,15,18). The highest BCUT2D eigenvalue weighted by atomic mass is 16.5. The molecule has 1 atom stereocenters. The molecule has 3 amide bonds. The summed E-state index contributed by atoms with van der Waals surface area (Å²) in [5.74, 6) is -1.77. The molecule has 7 nitrogen and oxygen atoms in total. The van der Waals surface area contributed by atoms with E-state index in [1.807, 2.05) is 6.92 Å². The number of nitrogens with zero attached hydrogens (tertiary/aromatic N) is 1. The molecule has 0 aromatic rings. The molecule has 0 aromatic heterocycles. The van der Waals surface area contributed by atoms with Crippen molar-refractivity contribution < 1.29 is 24.2 Å². The molecular formula is C12H20N2O5. The largest absolute Gasteiger partial charge is 0.480 e. The minimum Gasteiger partial charge on any atom is -0.480 e. The average molecular weight is 272 g/mol. The summed E-state index contributed by atoms with van der Waals surface area (Å²) >= 11 is 0. The van der Waals surface area contributed by atoms with Crippen LogP contribution in [0.5, 0.6) is 0 Å². The lowest BCUT2D eigenvalue weighted by molar-refractivity contribution is -0.143. The molecule has 2 N–H and O–H groups in total. The fourth-order valence-corrected chi connectivity index (χ4v) is 2.15. The van der Waals surface area contributed by atoms with E-state index in [4.69, 9.17) is 5.11 Å². The summed E-state index contributed by atoms with van der Waals surface area (Å²) in [6.07, 6.45) is 3.84. The van der Waals surface area contributed by atoms with Crippen LogP contribution in [-0.4, -0.2) is 53.7 Å². The predicted octanol–water partition coefficient (Wildman–Crippen LogP) is 0.588. The number of carboxylic acids is 1. The molecule has 1 aliphatic rings. The Morgan fingerprint density at radius 2 is 2.05 bits per heavy atom. The van der Waals surface area contributed by atoms with Gasteiger partial charge in [-0.3, -0.25) is 10.1 Å². The van der Waals surface area contributed by atoms with Crippen molar-refractivity contribution in [2.24, 2.45) is 0 Å². The molecule has 1 aliphatic heterocycles. The monoisotopic (exact) mass is 272 g/mol. The fraction of sp³-hybridized carbons (Fsp3) is 0.750. The number of imide groups is 1. The van der Waals surface area contributed by atoms with Gasteiger partial charge in [0.05, 0.1) is 0 Å². The van der Waals surface area contributed by atoms with Crippen molar-refractivity contribution in [3.63, 3.8) is 0 Å². The zero-order chi connectivity index (χ0) is 14.3. The normalized spacial score (nSPS) is 19.0. The minimum absolute atomic E-state index is 0.168. The topological polar surface area (TPSA) is 95.9 Å². The van der Waals surface area contributed by atoms with E-state index in [1.165, 1.54) is 0 Å². The Bertz CT molecular complexity index is 345. The molecule has 0 radical (unpaired) electrons. The van der Waals surface area contributed by atoms with Crippen LogP contribution in [0, 0.1) is 0 Å². The number of amides is 3. The van der Waals surface area contributed by atoms with Crippen LogP contribution in [-0.2, 0) is 14.3 Å². The first kappa shape index (κ1) is 15.4. The van der Waals surface area contributed by atoms with Gasteiger partial charge in [0.2, 0.25) is 0 Å². The number of aliphatic carboxylic acids is 1. The number of carbonyl (C=O) groups is 3. The molecular weight excluding hydrogens is 252 g/mol. The maximum Gasteiger partial charge on any atom is 0.329 e. The van der Waals surface area contributed by atoms with Crippen LogP contribution in [0.2, 0.25) is 0 Å². The maximum absolute atomic E-state index is 11.9. The number of hydrogen-bond acceptors (Lipinski definition) is 4. The van der Waals surface area contributed by atoms with Crippen LogP contribution in [0.1, 0.15) is 32.6 Å². The van der Waals surface area contributed by atoms with Gasteiger partial charge in [-0.1, -0.05) is 6.92 Å². The molecule has 0 bridgehead atoms. The number of piperidine rings is 1. The number of carboxylic acid groups (broad SMARTS) is 1. The first-order valence-electron chi connectivity index (χ1n) is 6.44. The number of likely N-dealkylation sites (tertiary alicyclic amines) is 1. The second-order valence-corrected chi connectivity index (χ2v) is 4.49. The Balaban J connectivity index is 2.36. The van der Waals surface area contributed by atoms with Crippen LogP contribution in [0.3, 0.4) is 0 Å². The molecule has 19 heavy (non-hydrogen) atoms. The molecule has 1 unspecified atom stereocenters. The van der Waals surface area contributed by atoms with Crippen LogP contribution >= 0.6 is 0 Å². The van der Waals surface area contributed by atoms with Gasteiger partial charge in [-0.2, -0.15) is 0 Å². The lowest BCUT2D eigenvalue weighted by atomic mass is 10.0. The average Bonchev–Trinajstić information content (AvgIpc) is 2.38. The smallest absolute Gasteiger partial charge is 0.329 e. The molecule has 0 aliphatic carbocycles. The number of nitrogens with one attached hydrogen (secondary N) is 1. The zero-order valence-electron chi connectivity index (χ0n) is 11.1. The van der Waals surface area contributed by atoms with E-state index in [-0.39, 0.29) is 6.04 Å². The van der Waals surface area contributed by atoms with Crippen LogP contribution in [0.15, 0.2) is 0 Å². The van der Waals surface area contributed by atoms with Gasteiger partial charge in [0.15, 0.2) is 0 Å². The van der Waals surface area contributed by atoms with Gasteiger partial charge in [0, 0.05) is 12.6 Å². The lowest BCUT2D eigenvalue weighted by Crippen LogP contribution is -2.50. The maximum atomic E-state index is 11.9. The van der Waals surface area contributed by atoms with Crippen molar-refractivity contribution in [3.05, 3.63) is 0 Å². The second-order valence-electron chi connectivity index (χ2n) is 4.49. The molecule has 1 rings (SSSR count). The van der Waals surface area contributed by atoms with E-state index in [0.29, 0.717) is 6.54 Å². The summed E-state index contributed by atoms with van der Waals surface area (Å²) < 4.78 is 4.62. The third kappa shape index (κ3) is 5.25. The quantitative estimate of drug-likeness (QED) is 0.763. The van der Waals surface area contributed by atoms with Gasteiger partial charge in [-0.05, 0) is 25.7 Å². The van der Waals surface area contributed by atoms with Gasteiger partial charge < -0.3 is 14.7 Å². The van der Waals surface area contributed by atoms with Gasteiger partial charge in [-0.25, -0.2) is 9.59 Å². The Kier molecular flexibility index (Phi) is 6.27. The third-order valence-corrected chi connectivity index (χ3v) is 3.06. The molecule has 0 spiro atoms. The fourth-order valence-electron chi connectivity index (χ4n) is 2.15. The molecule has 1 fully saturated rings. The molecule has 1 saturated heterocycles. The molecule has 0 saturated carbocycles. The van der Waals surface area contributed by atoms with Gasteiger partial charge in [-0.15, -0.1) is 0 Å². The molecule has 0 aromatic carbocycles. The molecule has 1 heterocycles. The number of hydrogen-bond donors (Lipinski definition) is 2. The Morgan fingerprint density at radius 3 is 2.68 bits per heavy atom. The van der Waals surface area contributed by atoms with E-state index >= 15 is 0 Å². The highest BCUT2D eigenvalue weighted by Gasteiger charge is 2.26. The Labute approximate surface area is 111 Å². The van der Waals surface area contributed by atoms with Crippen molar-refractivity contribution in [2.75, 3.05) is 19.8 Å². The summed E-state index contributed by atoms with van der Waals surface area (Å²) in [6.45, 7) is 1.67. The van der Waals surface area contributed by atoms with Crippen molar-refractivity contribution in [1.82, 2.24) is 10.2 Å². The highest BCUT2D eigenvalue weighted by Crippen LogP contribution is 2.19. The number of carbonyl (C=O) groups excluding carboxylic acids is 2. The van der Waals surface area contributed by atoms with E-state index < -0.39 is 31.1 Å². The Hall–Kier alpha value is -1.63. The van der Waals surface area contributed by atoms with Crippen molar-refractivity contribution in [2.45, 2.75) is 38.6 Å². The van der Waals surface area contributed by atoms with Crippen LogP contribution < -0.4 is 5.32 Å². The van der Waals surface area contributed by atoms with E-state index in [9.17, 15) is 14.4 Å². The van der Waals surface area contributed by atoms with Gasteiger partial charge >= 0.3 is 12.0 Å². The molecule has 7 heteroatoms. The van der Waals surface area contributed by atoms with Crippen molar-refractivity contribution >= 4 is 17.9 Å². The highest BCUT2D eigenvalue weighted by molar-refractivity contribution is 5.95. The summed E-state index contributed by atoms with van der Waals surface area (Å²) in [6, 6.07) is -0.253. The SMILES string of the molecule is CCC1CCCCN1C(=O)NC(=O)COCC(=O)O. The zero-order valence-corrected chi connectivity index (χ0v) is 11.1. The number of ether oxygens (including phenoxy) is 1. The van der Waals surface area contributed by atoms with Gasteiger partial charge in [0.1, 0.15) is 13.2 Å². The van der Waals surface area contributed by atoms with Crippen LogP contribution in [0.25, 0.3) is 0 Å². The van der Waals surface area contributed by atoms with Gasteiger partial charge in [0.25, 0.3) is 5.91 Å². The first-order valence-corrected chi connectivity index (χ1v) is 6.44. The van der Waals surface area contributed by atoms with E-state index in [0.717, 1.165) is 25.7 Å². The van der Waals surface area contributed by atoms with Crippen LogP contribution in [0.4, 0.5) is 4.79 Å².